The molecule has 0 fully saturated rings. The van der Waals surface area contributed by atoms with Gasteiger partial charge in [0.25, 0.3) is 0 Å². The molecular formula is C17H14O4. The lowest BCUT2D eigenvalue weighted by atomic mass is 9.94. The largest absolute Gasteiger partial charge is 0.417 e. The number of hydrogen-bond donors (Lipinski definition) is 0. The summed E-state index contributed by atoms with van der Waals surface area (Å²) in [5.41, 5.74) is 2.29. The van der Waals surface area contributed by atoms with Crippen molar-refractivity contribution >= 4 is 11.8 Å². The van der Waals surface area contributed by atoms with Crippen LogP contribution in [0.1, 0.15) is 31.8 Å². The number of carbonyl (C=O) groups excluding carboxylic acids is 2. The number of esters is 1. The summed E-state index contributed by atoms with van der Waals surface area (Å²) in [6, 6.07) is 13.8. The van der Waals surface area contributed by atoms with Crippen molar-refractivity contribution in [2.75, 3.05) is 7.11 Å². The summed E-state index contributed by atoms with van der Waals surface area (Å²) in [4.78, 5) is 24.8. The van der Waals surface area contributed by atoms with E-state index < -0.39 is 11.8 Å². The molecule has 0 saturated carbocycles. The molecule has 0 radical (unpaired) electrons. The number of rotatable bonds is 3. The Balaban J connectivity index is 2.12. The van der Waals surface area contributed by atoms with Crippen LogP contribution < -0.4 is 0 Å². The standard InChI is InChI=1S/C17H14O4/c1-11-7-9-12(10-8-11)15(18)17(20-2)14-6-4-3-5-13(14)16(19)21-17/h3-10H,1-2H3. The number of fused-ring (bicyclic) bond motifs is 1. The first-order valence-corrected chi connectivity index (χ1v) is 6.58. The van der Waals surface area contributed by atoms with E-state index in [1.807, 2.05) is 19.1 Å². The topological polar surface area (TPSA) is 52.6 Å². The van der Waals surface area contributed by atoms with Gasteiger partial charge in [-0.15, -0.1) is 0 Å². The molecule has 1 heterocycles. The van der Waals surface area contributed by atoms with Gasteiger partial charge in [-0.1, -0.05) is 48.0 Å². The predicted octanol–water partition coefficient (Wildman–Crippen LogP) is 2.85. The summed E-state index contributed by atoms with van der Waals surface area (Å²) in [5, 5.41) is 0. The van der Waals surface area contributed by atoms with E-state index in [9.17, 15) is 9.59 Å². The summed E-state index contributed by atoms with van der Waals surface area (Å²) in [6.45, 7) is 1.94. The van der Waals surface area contributed by atoms with Crippen molar-refractivity contribution in [1.29, 1.82) is 0 Å². The minimum Gasteiger partial charge on any atom is -0.417 e. The number of benzene rings is 2. The Kier molecular flexibility index (Phi) is 3.11. The highest BCUT2D eigenvalue weighted by atomic mass is 16.7. The van der Waals surface area contributed by atoms with Gasteiger partial charge in [0.05, 0.1) is 5.56 Å². The Bertz CT molecular complexity index is 718. The minimum absolute atomic E-state index is 0.361. The fourth-order valence-electron chi connectivity index (χ4n) is 2.50. The maximum absolute atomic E-state index is 12.8. The lowest BCUT2D eigenvalue weighted by Gasteiger charge is -2.25. The third-order valence-electron chi connectivity index (χ3n) is 3.64. The molecule has 0 aromatic heterocycles. The van der Waals surface area contributed by atoms with E-state index in [1.165, 1.54) is 7.11 Å². The molecule has 0 bridgehead atoms. The molecule has 0 spiro atoms. The Morgan fingerprint density at radius 1 is 1.10 bits per heavy atom. The van der Waals surface area contributed by atoms with Crippen molar-refractivity contribution < 1.29 is 19.1 Å². The molecule has 4 nitrogen and oxygen atoms in total. The monoisotopic (exact) mass is 282 g/mol. The van der Waals surface area contributed by atoms with Gasteiger partial charge in [0.15, 0.2) is 0 Å². The highest BCUT2D eigenvalue weighted by Gasteiger charge is 2.52. The summed E-state index contributed by atoms with van der Waals surface area (Å²) in [6.07, 6.45) is 0. The van der Waals surface area contributed by atoms with Crippen molar-refractivity contribution in [3.8, 4) is 0 Å². The van der Waals surface area contributed by atoms with Crippen molar-refractivity contribution in [3.63, 3.8) is 0 Å². The van der Waals surface area contributed by atoms with Crippen LogP contribution in [0.5, 0.6) is 0 Å². The van der Waals surface area contributed by atoms with Gasteiger partial charge in [-0.25, -0.2) is 4.79 Å². The van der Waals surface area contributed by atoms with Crippen LogP contribution in [-0.2, 0) is 15.3 Å². The van der Waals surface area contributed by atoms with Gasteiger partial charge in [0.2, 0.25) is 5.78 Å². The van der Waals surface area contributed by atoms with Gasteiger partial charge in [0.1, 0.15) is 0 Å². The van der Waals surface area contributed by atoms with E-state index >= 15 is 0 Å². The molecular weight excluding hydrogens is 268 g/mol. The summed E-state index contributed by atoms with van der Waals surface area (Å²) >= 11 is 0. The third-order valence-corrected chi connectivity index (χ3v) is 3.64. The number of ether oxygens (including phenoxy) is 2. The lowest BCUT2D eigenvalue weighted by molar-refractivity contribution is -0.149. The molecule has 4 heteroatoms. The van der Waals surface area contributed by atoms with Crippen LogP contribution in [0.4, 0.5) is 0 Å². The molecule has 21 heavy (non-hydrogen) atoms. The number of cyclic esters (lactones) is 1. The summed E-state index contributed by atoms with van der Waals surface area (Å²) < 4.78 is 10.7. The molecule has 2 aromatic carbocycles. The Hall–Kier alpha value is -2.46. The van der Waals surface area contributed by atoms with Crippen LogP contribution in [0.3, 0.4) is 0 Å². The number of aryl methyl sites for hydroxylation is 1. The van der Waals surface area contributed by atoms with Gasteiger partial charge in [0, 0.05) is 18.2 Å². The second-order valence-electron chi connectivity index (χ2n) is 4.95. The second-order valence-corrected chi connectivity index (χ2v) is 4.95. The molecule has 106 valence electrons. The normalized spacial score (nSPS) is 20.0. The lowest BCUT2D eigenvalue weighted by Crippen LogP contribution is -2.38. The van der Waals surface area contributed by atoms with E-state index in [4.69, 9.17) is 9.47 Å². The second kappa shape index (κ2) is 4.82. The molecule has 1 atom stereocenters. The molecule has 2 aromatic rings. The third kappa shape index (κ3) is 1.96. The van der Waals surface area contributed by atoms with E-state index in [0.717, 1.165) is 5.56 Å². The summed E-state index contributed by atoms with van der Waals surface area (Å²) in [7, 11) is 1.36. The first kappa shape index (κ1) is 13.5. The smallest absolute Gasteiger partial charge is 0.341 e. The van der Waals surface area contributed by atoms with Crippen LogP contribution in [0.2, 0.25) is 0 Å². The quantitative estimate of drug-likeness (QED) is 0.641. The zero-order valence-corrected chi connectivity index (χ0v) is 11.8. The molecule has 1 unspecified atom stereocenters. The maximum atomic E-state index is 12.8. The Morgan fingerprint density at radius 3 is 2.43 bits per heavy atom. The van der Waals surface area contributed by atoms with Gasteiger partial charge >= 0.3 is 11.8 Å². The van der Waals surface area contributed by atoms with E-state index in [-0.39, 0.29) is 5.78 Å². The first-order valence-electron chi connectivity index (χ1n) is 6.58. The van der Waals surface area contributed by atoms with Crippen molar-refractivity contribution in [3.05, 3.63) is 70.8 Å². The average Bonchev–Trinajstić information content (AvgIpc) is 2.81. The zero-order chi connectivity index (χ0) is 15.0. The molecule has 0 aliphatic carbocycles. The zero-order valence-electron chi connectivity index (χ0n) is 11.8. The predicted molar refractivity (Wildman–Crippen MR) is 76.1 cm³/mol. The SMILES string of the molecule is COC1(C(=O)c2ccc(C)cc2)OC(=O)c2ccccc21. The number of Topliss-reactive ketones (excluding diaryl/α,β-unsaturated/α-hetero) is 1. The van der Waals surface area contributed by atoms with E-state index in [2.05, 4.69) is 0 Å². The fourth-order valence-corrected chi connectivity index (χ4v) is 2.50. The highest BCUT2D eigenvalue weighted by molar-refractivity contribution is 6.08. The molecule has 0 N–H and O–H groups in total. The average molecular weight is 282 g/mol. The van der Waals surface area contributed by atoms with Crippen LogP contribution in [0.25, 0.3) is 0 Å². The van der Waals surface area contributed by atoms with Crippen LogP contribution in [0, 0.1) is 6.92 Å². The Labute approximate surface area is 122 Å². The van der Waals surface area contributed by atoms with E-state index in [0.29, 0.717) is 16.7 Å². The van der Waals surface area contributed by atoms with Crippen molar-refractivity contribution in [1.82, 2.24) is 0 Å². The van der Waals surface area contributed by atoms with Crippen LogP contribution >= 0.6 is 0 Å². The Morgan fingerprint density at radius 2 is 1.76 bits per heavy atom. The molecule has 1 aliphatic heterocycles. The highest BCUT2D eigenvalue weighted by Crippen LogP contribution is 2.39. The number of hydrogen-bond acceptors (Lipinski definition) is 4. The maximum Gasteiger partial charge on any atom is 0.341 e. The number of methoxy groups -OCH3 is 1. The van der Waals surface area contributed by atoms with Gasteiger partial charge in [-0.3, -0.25) is 4.79 Å². The molecule has 1 aliphatic rings. The van der Waals surface area contributed by atoms with Crippen molar-refractivity contribution in [2.45, 2.75) is 12.7 Å². The first-order chi connectivity index (χ1) is 10.1. The minimum atomic E-state index is -1.69. The fraction of sp³-hybridized carbons (Fsp3) is 0.176. The molecule has 0 saturated heterocycles. The van der Waals surface area contributed by atoms with E-state index in [1.54, 1.807) is 36.4 Å². The van der Waals surface area contributed by atoms with Crippen LogP contribution in [-0.4, -0.2) is 18.9 Å². The van der Waals surface area contributed by atoms with Crippen molar-refractivity contribution in [2.24, 2.45) is 0 Å². The summed E-state index contributed by atoms with van der Waals surface area (Å²) in [5.74, 6) is -2.63. The van der Waals surface area contributed by atoms with Gasteiger partial charge in [-0.05, 0) is 13.0 Å². The van der Waals surface area contributed by atoms with Gasteiger partial charge < -0.3 is 9.47 Å². The molecule has 3 rings (SSSR count). The number of ketones is 1. The van der Waals surface area contributed by atoms with Gasteiger partial charge in [-0.2, -0.15) is 0 Å². The number of carbonyl (C=O) groups is 2. The molecule has 0 amide bonds. The van der Waals surface area contributed by atoms with Crippen LogP contribution in [0.15, 0.2) is 48.5 Å².